The van der Waals surface area contributed by atoms with Gasteiger partial charge in [0.2, 0.25) is 0 Å². The van der Waals surface area contributed by atoms with E-state index in [-0.39, 0.29) is 11.9 Å². The van der Waals surface area contributed by atoms with Crippen molar-refractivity contribution in [3.63, 3.8) is 0 Å². The second kappa shape index (κ2) is 15.5. The zero-order chi connectivity index (χ0) is 17.3. The quantitative estimate of drug-likeness (QED) is 0.230. The van der Waals surface area contributed by atoms with Gasteiger partial charge in [-0.2, -0.15) is 0 Å². The molecule has 0 atom stereocenters. The number of hydrogen-bond donors (Lipinski definition) is 0. The lowest BCUT2D eigenvalue weighted by atomic mass is 10.0. The summed E-state index contributed by atoms with van der Waals surface area (Å²) in [5.74, 6) is -0.244. The highest BCUT2D eigenvalue weighted by Gasteiger charge is 2.14. The number of ether oxygens (including phenoxy) is 1. The van der Waals surface area contributed by atoms with Crippen molar-refractivity contribution in [2.45, 2.75) is 96.8 Å². The molecule has 0 fully saturated rings. The molecule has 1 aliphatic rings. The van der Waals surface area contributed by atoms with Gasteiger partial charge in [-0.1, -0.05) is 115 Å². The topological polar surface area (TPSA) is 26.3 Å². The molecule has 0 heterocycles. The van der Waals surface area contributed by atoms with Gasteiger partial charge in [-0.3, -0.25) is 4.79 Å². The van der Waals surface area contributed by atoms with E-state index in [4.69, 9.17) is 4.74 Å². The van der Waals surface area contributed by atoms with Gasteiger partial charge in [0, 0.05) is 0 Å². The third kappa shape index (κ3) is 11.5. The lowest BCUT2D eigenvalue weighted by Gasteiger charge is -2.07. The van der Waals surface area contributed by atoms with E-state index < -0.39 is 0 Å². The molecule has 1 aliphatic carbocycles. The minimum atomic E-state index is -0.142. The fraction of sp³-hybridized carbons (Fsp3) is 0.773. The van der Waals surface area contributed by atoms with E-state index in [9.17, 15) is 4.79 Å². The molecule has 0 saturated carbocycles. The lowest BCUT2D eigenvalue weighted by molar-refractivity contribution is -0.145. The third-order valence-electron chi connectivity index (χ3n) is 4.76. The van der Waals surface area contributed by atoms with Crippen LogP contribution in [0.5, 0.6) is 0 Å². The molecule has 0 unspecified atom stereocenters. The number of esters is 1. The van der Waals surface area contributed by atoms with Gasteiger partial charge in [-0.05, 0) is 6.42 Å². The summed E-state index contributed by atoms with van der Waals surface area (Å²) in [6.45, 7) is 2.85. The smallest absolute Gasteiger partial charge is 0.316 e. The average Bonchev–Trinajstić information content (AvgIpc) is 3.13. The molecule has 0 aromatic heterocycles. The van der Waals surface area contributed by atoms with Crippen LogP contribution in [-0.2, 0) is 9.53 Å². The maximum Gasteiger partial charge on any atom is 0.316 e. The van der Waals surface area contributed by atoms with Gasteiger partial charge >= 0.3 is 5.97 Å². The molecule has 0 bridgehead atoms. The molecule has 0 amide bonds. The standard InChI is InChI=1S/C22H38O2/c1-2-3-4-5-6-7-8-9-10-11-12-13-14-17-20-24-22(23)21-18-15-16-19-21/h15-16,18-19,21H,2-14,17,20H2,1H3. The summed E-state index contributed by atoms with van der Waals surface area (Å²) in [6.07, 6.45) is 26.4. The molecule has 2 heteroatoms. The van der Waals surface area contributed by atoms with Crippen molar-refractivity contribution in [1.82, 2.24) is 0 Å². The highest BCUT2D eigenvalue weighted by Crippen LogP contribution is 2.14. The molecule has 0 N–H and O–H groups in total. The van der Waals surface area contributed by atoms with Crippen molar-refractivity contribution in [2.24, 2.45) is 5.92 Å². The van der Waals surface area contributed by atoms with Crippen LogP contribution in [-0.4, -0.2) is 12.6 Å². The zero-order valence-corrected chi connectivity index (χ0v) is 15.8. The van der Waals surface area contributed by atoms with Gasteiger partial charge in [-0.15, -0.1) is 0 Å². The maximum absolute atomic E-state index is 11.7. The summed E-state index contributed by atoms with van der Waals surface area (Å²) in [7, 11) is 0. The second-order valence-electron chi connectivity index (χ2n) is 7.06. The first-order valence-corrected chi connectivity index (χ1v) is 10.4. The summed E-state index contributed by atoms with van der Waals surface area (Å²) in [5.41, 5.74) is 0. The van der Waals surface area contributed by atoms with E-state index in [0.717, 1.165) is 6.42 Å². The maximum atomic E-state index is 11.7. The Labute approximate surface area is 149 Å². The van der Waals surface area contributed by atoms with Crippen LogP contribution in [0.4, 0.5) is 0 Å². The highest BCUT2D eigenvalue weighted by atomic mass is 16.5. The largest absolute Gasteiger partial charge is 0.465 e. The van der Waals surface area contributed by atoms with Crippen molar-refractivity contribution in [3.8, 4) is 0 Å². The van der Waals surface area contributed by atoms with E-state index in [2.05, 4.69) is 6.92 Å². The fourth-order valence-electron chi connectivity index (χ4n) is 3.15. The van der Waals surface area contributed by atoms with E-state index in [1.165, 1.54) is 83.5 Å². The molecular weight excluding hydrogens is 296 g/mol. The van der Waals surface area contributed by atoms with Crippen molar-refractivity contribution in [3.05, 3.63) is 24.3 Å². The Balaban J connectivity index is 1.72. The molecular formula is C22H38O2. The predicted octanol–water partition coefficient (Wildman–Crippen LogP) is 6.75. The Morgan fingerprint density at radius 1 is 0.708 bits per heavy atom. The van der Waals surface area contributed by atoms with Crippen LogP contribution < -0.4 is 0 Å². The predicted molar refractivity (Wildman–Crippen MR) is 103 cm³/mol. The van der Waals surface area contributed by atoms with Crippen molar-refractivity contribution in [1.29, 1.82) is 0 Å². The first-order valence-electron chi connectivity index (χ1n) is 10.4. The van der Waals surface area contributed by atoms with Crippen LogP contribution in [0.2, 0.25) is 0 Å². The van der Waals surface area contributed by atoms with Crippen LogP contribution in [0.3, 0.4) is 0 Å². The zero-order valence-electron chi connectivity index (χ0n) is 15.8. The molecule has 0 aromatic rings. The van der Waals surface area contributed by atoms with Gasteiger partial charge in [0.25, 0.3) is 0 Å². The van der Waals surface area contributed by atoms with Crippen LogP contribution in [0, 0.1) is 5.92 Å². The molecule has 0 aliphatic heterocycles. The van der Waals surface area contributed by atoms with E-state index in [1.807, 2.05) is 24.3 Å². The Hall–Kier alpha value is -1.05. The summed E-state index contributed by atoms with van der Waals surface area (Å²) < 4.78 is 5.29. The van der Waals surface area contributed by atoms with Gasteiger partial charge in [-0.25, -0.2) is 0 Å². The normalized spacial score (nSPS) is 13.7. The first-order chi connectivity index (χ1) is 11.8. The summed E-state index contributed by atoms with van der Waals surface area (Å²) in [4.78, 5) is 11.7. The summed E-state index contributed by atoms with van der Waals surface area (Å²) >= 11 is 0. The van der Waals surface area contributed by atoms with E-state index in [0.29, 0.717) is 6.61 Å². The SMILES string of the molecule is CCCCCCCCCCCCCCCCOC(=O)C1C=CC=C1. The first kappa shape index (κ1) is 21.0. The fourth-order valence-corrected chi connectivity index (χ4v) is 3.15. The Kier molecular flexibility index (Phi) is 13.5. The molecule has 2 nitrogen and oxygen atoms in total. The third-order valence-corrected chi connectivity index (χ3v) is 4.76. The van der Waals surface area contributed by atoms with Gasteiger partial charge in [0.05, 0.1) is 12.5 Å². The molecule has 0 aromatic carbocycles. The number of hydrogen-bond acceptors (Lipinski definition) is 2. The summed E-state index contributed by atoms with van der Waals surface area (Å²) in [5, 5.41) is 0. The number of unbranched alkanes of at least 4 members (excludes halogenated alkanes) is 13. The minimum absolute atomic E-state index is 0.102. The lowest BCUT2D eigenvalue weighted by Crippen LogP contribution is -2.13. The number of rotatable bonds is 16. The van der Waals surface area contributed by atoms with Crippen LogP contribution in [0.1, 0.15) is 96.8 Å². The molecule has 0 spiro atoms. The second-order valence-corrected chi connectivity index (χ2v) is 7.06. The van der Waals surface area contributed by atoms with Crippen LogP contribution in [0.25, 0.3) is 0 Å². The minimum Gasteiger partial charge on any atom is -0.465 e. The molecule has 0 saturated heterocycles. The van der Waals surface area contributed by atoms with Crippen LogP contribution >= 0.6 is 0 Å². The van der Waals surface area contributed by atoms with E-state index >= 15 is 0 Å². The van der Waals surface area contributed by atoms with E-state index in [1.54, 1.807) is 0 Å². The molecule has 1 rings (SSSR count). The van der Waals surface area contributed by atoms with Crippen molar-refractivity contribution >= 4 is 5.97 Å². The molecule has 138 valence electrons. The molecule has 24 heavy (non-hydrogen) atoms. The number of carbonyl (C=O) groups is 1. The number of carbonyl (C=O) groups excluding carboxylic acids is 1. The van der Waals surface area contributed by atoms with Crippen molar-refractivity contribution < 1.29 is 9.53 Å². The Morgan fingerprint density at radius 3 is 1.58 bits per heavy atom. The monoisotopic (exact) mass is 334 g/mol. The Morgan fingerprint density at radius 2 is 1.12 bits per heavy atom. The molecule has 0 radical (unpaired) electrons. The van der Waals surface area contributed by atoms with Gasteiger partial charge in [0.1, 0.15) is 0 Å². The van der Waals surface area contributed by atoms with Crippen LogP contribution in [0.15, 0.2) is 24.3 Å². The summed E-state index contributed by atoms with van der Waals surface area (Å²) in [6, 6.07) is 0. The van der Waals surface area contributed by atoms with Crippen molar-refractivity contribution in [2.75, 3.05) is 6.61 Å². The number of allylic oxidation sites excluding steroid dienone is 2. The Bertz CT molecular complexity index is 345. The van der Waals surface area contributed by atoms with Gasteiger partial charge < -0.3 is 4.74 Å². The average molecular weight is 335 g/mol. The highest BCUT2D eigenvalue weighted by molar-refractivity contribution is 5.77. The van der Waals surface area contributed by atoms with Gasteiger partial charge in [0.15, 0.2) is 0 Å².